The van der Waals surface area contributed by atoms with Crippen LogP contribution in [-0.4, -0.2) is 29.6 Å². The highest BCUT2D eigenvalue weighted by molar-refractivity contribution is 5.90. The van der Waals surface area contributed by atoms with Crippen LogP contribution in [0, 0.1) is 18.6 Å². The minimum Gasteiger partial charge on any atom is -0.320 e. The predicted molar refractivity (Wildman–Crippen MR) is 108 cm³/mol. The van der Waals surface area contributed by atoms with Gasteiger partial charge in [-0.25, -0.2) is 8.78 Å². The number of hydrogen-bond acceptors (Lipinski definition) is 1. The van der Waals surface area contributed by atoms with E-state index in [0.717, 1.165) is 31.5 Å². The number of aromatic nitrogens is 1. The van der Waals surface area contributed by atoms with Crippen LogP contribution in [0.5, 0.6) is 0 Å². The van der Waals surface area contributed by atoms with E-state index in [1.54, 1.807) is 6.07 Å². The fraction of sp³-hybridized carbons (Fsp3) is 0.304. The maximum Gasteiger partial charge on any atom is 0.159 e. The lowest BCUT2D eigenvalue weighted by atomic mass is 10.1. The van der Waals surface area contributed by atoms with Crippen LogP contribution in [0.4, 0.5) is 8.78 Å². The van der Waals surface area contributed by atoms with Gasteiger partial charge in [0.25, 0.3) is 0 Å². The van der Waals surface area contributed by atoms with Crippen molar-refractivity contribution in [1.82, 2.24) is 9.47 Å². The largest absolute Gasteiger partial charge is 0.320 e. The van der Waals surface area contributed by atoms with Gasteiger partial charge in [-0.1, -0.05) is 17.7 Å². The summed E-state index contributed by atoms with van der Waals surface area (Å²) in [4.78, 5) is 2.36. The van der Waals surface area contributed by atoms with Crippen molar-refractivity contribution < 1.29 is 8.78 Å². The van der Waals surface area contributed by atoms with Crippen LogP contribution in [0.3, 0.4) is 0 Å². The summed E-state index contributed by atoms with van der Waals surface area (Å²) in [6.45, 7) is 6.13. The quantitative estimate of drug-likeness (QED) is 0.599. The molecule has 1 aliphatic rings. The monoisotopic (exact) mass is 366 g/mol. The Bertz CT molecular complexity index is 1050. The Balaban J connectivity index is 1.89. The first-order chi connectivity index (χ1) is 12.9. The van der Waals surface area contributed by atoms with Crippen LogP contribution >= 0.6 is 0 Å². The average Bonchev–Trinajstić information content (AvgIpc) is 2.78. The van der Waals surface area contributed by atoms with Crippen LogP contribution in [0.2, 0.25) is 0 Å². The Morgan fingerprint density at radius 3 is 2.56 bits per heavy atom. The molecule has 0 saturated heterocycles. The molecule has 0 unspecified atom stereocenters. The molecule has 0 saturated carbocycles. The van der Waals surface area contributed by atoms with Gasteiger partial charge in [0.15, 0.2) is 11.6 Å². The van der Waals surface area contributed by atoms with E-state index in [9.17, 15) is 8.78 Å². The molecule has 0 aliphatic carbocycles. The van der Waals surface area contributed by atoms with Crippen molar-refractivity contribution in [2.75, 3.05) is 20.1 Å². The summed E-state index contributed by atoms with van der Waals surface area (Å²) in [5.74, 6) is -1.63. The second-order valence-corrected chi connectivity index (χ2v) is 7.56. The normalized spacial score (nSPS) is 15.8. The summed E-state index contributed by atoms with van der Waals surface area (Å²) >= 11 is 0. The van der Waals surface area contributed by atoms with Gasteiger partial charge in [-0.15, -0.1) is 0 Å². The van der Waals surface area contributed by atoms with E-state index in [2.05, 4.69) is 47.8 Å². The smallest absolute Gasteiger partial charge is 0.159 e. The summed E-state index contributed by atoms with van der Waals surface area (Å²) in [6.07, 6.45) is 4.06. The standard InChI is InChI=1S/C23H24F2N2/c1-15-4-7-22-19(12-15)18-8-10-26(3)11-9-23(18)27(22)14-16(2)17-5-6-20(24)21(25)13-17/h4-7,12-14H,8-11H2,1-3H3/b16-14-. The Morgan fingerprint density at radius 2 is 1.78 bits per heavy atom. The van der Waals surface area contributed by atoms with Crippen molar-refractivity contribution in [3.05, 3.63) is 70.4 Å². The van der Waals surface area contributed by atoms with E-state index in [1.165, 1.54) is 39.9 Å². The Labute approximate surface area is 158 Å². The molecule has 2 aromatic carbocycles. The number of nitrogens with zero attached hydrogens (tertiary/aromatic N) is 2. The third-order valence-corrected chi connectivity index (χ3v) is 5.55. The van der Waals surface area contributed by atoms with Gasteiger partial charge >= 0.3 is 0 Å². The van der Waals surface area contributed by atoms with Crippen molar-refractivity contribution in [2.24, 2.45) is 0 Å². The van der Waals surface area contributed by atoms with Gasteiger partial charge in [0.2, 0.25) is 0 Å². The highest BCUT2D eigenvalue weighted by Crippen LogP contribution is 2.31. The minimum absolute atomic E-state index is 0.697. The van der Waals surface area contributed by atoms with Gasteiger partial charge in [-0.05, 0) is 68.3 Å². The van der Waals surface area contributed by atoms with Crippen LogP contribution in [0.1, 0.15) is 29.3 Å². The Hall–Kier alpha value is -2.46. The first kappa shape index (κ1) is 17.9. The molecule has 2 nitrogen and oxygen atoms in total. The molecular formula is C23H24F2N2. The molecule has 0 spiro atoms. The number of allylic oxidation sites excluding steroid dienone is 1. The molecule has 0 fully saturated rings. The first-order valence-corrected chi connectivity index (χ1v) is 9.38. The molecule has 0 bridgehead atoms. The SMILES string of the molecule is C/C(=C/n1c2c(c3cc(C)ccc31)CCN(C)CC2)c1ccc(F)c(F)c1. The Morgan fingerprint density at radius 1 is 1.00 bits per heavy atom. The predicted octanol–water partition coefficient (Wildman–Crippen LogP) is 5.28. The van der Waals surface area contributed by atoms with Crippen molar-refractivity contribution in [2.45, 2.75) is 26.7 Å². The van der Waals surface area contributed by atoms with Crippen LogP contribution < -0.4 is 0 Å². The molecule has 0 radical (unpaired) electrons. The average molecular weight is 366 g/mol. The van der Waals surface area contributed by atoms with Crippen molar-refractivity contribution >= 4 is 22.7 Å². The van der Waals surface area contributed by atoms with Gasteiger partial charge in [0.1, 0.15) is 0 Å². The maximum absolute atomic E-state index is 13.7. The zero-order valence-corrected chi connectivity index (χ0v) is 16.0. The van der Waals surface area contributed by atoms with E-state index >= 15 is 0 Å². The van der Waals surface area contributed by atoms with Crippen LogP contribution in [0.25, 0.3) is 22.7 Å². The van der Waals surface area contributed by atoms with E-state index in [4.69, 9.17) is 0 Å². The summed E-state index contributed by atoms with van der Waals surface area (Å²) < 4.78 is 29.2. The summed E-state index contributed by atoms with van der Waals surface area (Å²) in [7, 11) is 2.16. The summed E-state index contributed by atoms with van der Waals surface area (Å²) in [6, 6.07) is 10.6. The molecule has 1 aromatic heterocycles. The highest BCUT2D eigenvalue weighted by atomic mass is 19.2. The molecule has 0 N–H and O–H groups in total. The van der Waals surface area contributed by atoms with Gasteiger partial charge in [0.05, 0.1) is 5.52 Å². The number of halogens is 2. The van der Waals surface area contributed by atoms with Crippen molar-refractivity contribution in [3.63, 3.8) is 0 Å². The van der Waals surface area contributed by atoms with Gasteiger partial charge < -0.3 is 9.47 Å². The molecule has 2 heterocycles. The second kappa shape index (κ2) is 6.93. The van der Waals surface area contributed by atoms with E-state index < -0.39 is 11.6 Å². The van der Waals surface area contributed by atoms with Crippen molar-refractivity contribution in [3.8, 4) is 0 Å². The molecule has 4 rings (SSSR count). The van der Waals surface area contributed by atoms with Gasteiger partial charge in [-0.2, -0.15) is 0 Å². The Kier molecular flexibility index (Phi) is 4.60. The summed E-state index contributed by atoms with van der Waals surface area (Å²) in [5.41, 5.74) is 6.77. The molecule has 0 amide bonds. The number of hydrogen-bond donors (Lipinski definition) is 0. The number of likely N-dealkylation sites (N-methyl/N-ethyl adjacent to an activating group) is 1. The van der Waals surface area contributed by atoms with Gasteiger partial charge in [0, 0.05) is 36.8 Å². The molecule has 140 valence electrons. The lowest BCUT2D eigenvalue weighted by Gasteiger charge is -2.13. The number of fused-ring (bicyclic) bond motifs is 3. The third kappa shape index (κ3) is 3.30. The molecular weight excluding hydrogens is 342 g/mol. The number of benzene rings is 2. The molecule has 27 heavy (non-hydrogen) atoms. The van der Waals surface area contributed by atoms with Crippen LogP contribution in [-0.2, 0) is 12.8 Å². The summed E-state index contributed by atoms with van der Waals surface area (Å²) in [5, 5.41) is 1.30. The fourth-order valence-electron chi connectivity index (χ4n) is 3.97. The number of rotatable bonds is 2. The highest BCUT2D eigenvalue weighted by Gasteiger charge is 2.20. The zero-order valence-electron chi connectivity index (χ0n) is 16.0. The van der Waals surface area contributed by atoms with Gasteiger partial charge in [-0.3, -0.25) is 0 Å². The number of aryl methyl sites for hydroxylation is 1. The molecule has 3 aromatic rings. The maximum atomic E-state index is 13.7. The topological polar surface area (TPSA) is 8.17 Å². The lowest BCUT2D eigenvalue weighted by molar-refractivity contribution is 0.351. The molecule has 0 atom stereocenters. The minimum atomic E-state index is -0.814. The molecule has 1 aliphatic heterocycles. The first-order valence-electron chi connectivity index (χ1n) is 9.38. The fourth-order valence-corrected chi connectivity index (χ4v) is 3.97. The van der Waals surface area contributed by atoms with Crippen LogP contribution in [0.15, 0.2) is 36.4 Å². The van der Waals surface area contributed by atoms with E-state index in [0.29, 0.717) is 5.56 Å². The second-order valence-electron chi connectivity index (χ2n) is 7.56. The van der Waals surface area contributed by atoms with E-state index in [1.807, 2.05) is 6.92 Å². The van der Waals surface area contributed by atoms with E-state index in [-0.39, 0.29) is 0 Å². The third-order valence-electron chi connectivity index (χ3n) is 5.55. The van der Waals surface area contributed by atoms with Crippen molar-refractivity contribution in [1.29, 1.82) is 0 Å². The molecule has 4 heteroatoms. The lowest BCUT2D eigenvalue weighted by Crippen LogP contribution is -2.21. The zero-order chi connectivity index (χ0) is 19.1.